The van der Waals surface area contributed by atoms with Crippen LogP contribution in [0.15, 0.2) is 12.2 Å². The van der Waals surface area contributed by atoms with E-state index in [4.69, 9.17) is 4.74 Å². The maximum absolute atomic E-state index is 12.1. The van der Waals surface area contributed by atoms with Crippen molar-refractivity contribution in [2.45, 2.75) is 57.6 Å². The van der Waals surface area contributed by atoms with Crippen LogP contribution in [0.25, 0.3) is 0 Å². The van der Waals surface area contributed by atoms with Crippen molar-refractivity contribution in [1.82, 2.24) is 4.90 Å². The number of nitrogens with zero attached hydrogens (tertiary/aromatic N) is 1. The van der Waals surface area contributed by atoms with Crippen molar-refractivity contribution in [3.05, 3.63) is 12.2 Å². The van der Waals surface area contributed by atoms with Crippen molar-refractivity contribution in [1.29, 1.82) is 0 Å². The van der Waals surface area contributed by atoms with E-state index >= 15 is 0 Å². The summed E-state index contributed by atoms with van der Waals surface area (Å²) in [5.74, 6) is 0. The smallest absolute Gasteiger partial charge is 0.411 e. The van der Waals surface area contributed by atoms with E-state index in [-0.39, 0.29) is 11.6 Å². The summed E-state index contributed by atoms with van der Waals surface area (Å²) < 4.78 is 5.46. The van der Waals surface area contributed by atoms with Crippen LogP contribution in [0.5, 0.6) is 0 Å². The molecular weight excluding hydrogens is 202 g/mol. The van der Waals surface area contributed by atoms with E-state index in [9.17, 15) is 4.79 Å². The summed E-state index contributed by atoms with van der Waals surface area (Å²) in [7, 11) is 0. The van der Waals surface area contributed by atoms with Gasteiger partial charge in [0.15, 0.2) is 0 Å². The van der Waals surface area contributed by atoms with Gasteiger partial charge in [0.1, 0.15) is 5.60 Å². The van der Waals surface area contributed by atoms with Gasteiger partial charge in [0, 0.05) is 6.54 Å². The topological polar surface area (TPSA) is 29.5 Å². The number of amides is 1. The van der Waals surface area contributed by atoms with Crippen molar-refractivity contribution in [3.8, 4) is 0 Å². The van der Waals surface area contributed by atoms with Crippen LogP contribution in [-0.4, -0.2) is 28.7 Å². The molecule has 1 heterocycles. The van der Waals surface area contributed by atoms with Gasteiger partial charge in [-0.25, -0.2) is 4.79 Å². The molecule has 0 saturated heterocycles. The molecule has 3 heteroatoms. The van der Waals surface area contributed by atoms with Gasteiger partial charge < -0.3 is 4.74 Å². The maximum atomic E-state index is 12.1. The molecule has 1 amide bonds. The highest BCUT2D eigenvalue weighted by molar-refractivity contribution is 5.71. The summed E-state index contributed by atoms with van der Waals surface area (Å²) >= 11 is 0. The van der Waals surface area contributed by atoms with Gasteiger partial charge >= 0.3 is 6.09 Å². The lowest BCUT2D eigenvalue weighted by molar-refractivity contribution is 0.0126. The number of ether oxygens (including phenoxy) is 1. The maximum Gasteiger partial charge on any atom is 0.411 e. The number of rotatable bonds is 0. The normalized spacial score (nSPS) is 23.1. The first-order valence-corrected chi connectivity index (χ1v) is 6.11. The first-order chi connectivity index (χ1) is 7.43. The molecule has 0 radical (unpaired) electrons. The Hall–Kier alpha value is -0.990. The molecule has 2 aliphatic rings. The molecule has 1 saturated carbocycles. The van der Waals surface area contributed by atoms with E-state index in [0.29, 0.717) is 6.54 Å². The van der Waals surface area contributed by atoms with Crippen molar-refractivity contribution < 1.29 is 9.53 Å². The zero-order chi connectivity index (χ0) is 11.8. The van der Waals surface area contributed by atoms with E-state index in [1.54, 1.807) is 0 Å². The second-order valence-corrected chi connectivity index (χ2v) is 5.80. The first kappa shape index (κ1) is 11.5. The van der Waals surface area contributed by atoms with E-state index in [1.807, 2.05) is 25.7 Å². The number of hydrogen-bond donors (Lipinski definition) is 0. The number of carbonyl (C=O) groups is 1. The first-order valence-electron chi connectivity index (χ1n) is 6.11. The molecule has 0 N–H and O–H groups in total. The van der Waals surface area contributed by atoms with Gasteiger partial charge in [0.2, 0.25) is 0 Å². The Morgan fingerprint density at radius 1 is 1.31 bits per heavy atom. The Kier molecular flexibility index (Phi) is 2.72. The summed E-state index contributed by atoms with van der Waals surface area (Å²) in [6.45, 7) is 6.44. The molecule has 0 aromatic carbocycles. The van der Waals surface area contributed by atoms with Crippen LogP contribution in [0.3, 0.4) is 0 Å². The molecular formula is C13H21NO2. The van der Waals surface area contributed by atoms with E-state index < -0.39 is 5.60 Å². The second-order valence-electron chi connectivity index (χ2n) is 5.80. The third-order valence-corrected chi connectivity index (χ3v) is 3.34. The lowest BCUT2D eigenvalue weighted by Crippen LogP contribution is -2.47. The van der Waals surface area contributed by atoms with Crippen molar-refractivity contribution in [2.75, 3.05) is 6.54 Å². The minimum Gasteiger partial charge on any atom is -0.444 e. The molecule has 2 rings (SSSR count). The van der Waals surface area contributed by atoms with Gasteiger partial charge in [-0.15, -0.1) is 0 Å². The van der Waals surface area contributed by atoms with Crippen LogP contribution in [0.1, 0.15) is 46.5 Å². The quantitative estimate of drug-likeness (QED) is 0.590. The molecule has 1 spiro atoms. The van der Waals surface area contributed by atoms with Crippen LogP contribution in [0, 0.1) is 0 Å². The van der Waals surface area contributed by atoms with E-state index in [1.165, 1.54) is 12.8 Å². The fourth-order valence-electron chi connectivity index (χ4n) is 2.65. The Balaban J connectivity index is 2.07. The largest absolute Gasteiger partial charge is 0.444 e. The molecule has 1 aliphatic carbocycles. The molecule has 16 heavy (non-hydrogen) atoms. The molecule has 0 aromatic heterocycles. The van der Waals surface area contributed by atoms with Crippen LogP contribution in [0.2, 0.25) is 0 Å². The Morgan fingerprint density at radius 3 is 2.50 bits per heavy atom. The summed E-state index contributed by atoms with van der Waals surface area (Å²) in [6.07, 6.45) is 8.72. The summed E-state index contributed by atoms with van der Waals surface area (Å²) in [4.78, 5) is 14.0. The molecule has 0 bridgehead atoms. The van der Waals surface area contributed by atoms with Crippen molar-refractivity contribution in [2.24, 2.45) is 0 Å². The van der Waals surface area contributed by atoms with Gasteiger partial charge in [0.25, 0.3) is 0 Å². The van der Waals surface area contributed by atoms with Crippen LogP contribution >= 0.6 is 0 Å². The summed E-state index contributed by atoms with van der Waals surface area (Å²) in [6, 6.07) is 0. The minimum absolute atomic E-state index is 0.0255. The molecule has 0 atom stereocenters. The Bertz CT molecular complexity index is 308. The van der Waals surface area contributed by atoms with Gasteiger partial charge in [-0.05, 0) is 33.6 Å². The second kappa shape index (κ2) is 3.79. The van der Waals surface area contributed by atoms with E-state index in [0.717, 1.165) is 12.8 Å². The highest BCUT2D eigenvalue weighted by Gasteiger charge is 2.43. The minimum atomic E-state index is -0.403. The predicted octanol–water partition coefficient (Wildman–Crippen LogP) is 3.11. The Morgan fingerprint density at radius 2 is 1.94 bits per heavy atom. The van der Waals surface area contributed by atoms with Gasteiger partial charge in [-0.2, -0.15) is 0 Å². The van der Waals surface area contributed by atoms with E-state index in [2.05, 4.69) is 12.2 Å². The average molecular weight is 223 g/mol. The Labute approximate surface area is 97.5 Å². The standard InChI is InChI=1S/C13H21NO2/c1-12(2,3)16-11(15)14-10-6-9-13(14)7-4-5-8-13/h6,9H,4-5,7-8,10H2,1-3H3. The summed E-state index contributed by atoms with van der Waals surface area (Å²) in [5, 5.41) is 0. The third-order valence-electron chi connectivity index (χ3n) is 3.34. The average Bonchev–Trinajstić information content (AvgIpc) is 2.74. The predicted molar refractivity (Wildman–Crippen MR) is 63.3 cm³/mol. The highest BCUT2D eigenvalue weighted by atomic mass is 16.6. The van der Waals surface area contributed by atoms with Crippen molar-refractivity contribution >= 4 is 6.09 Å². The van der Waals surface area contributed by atoms with Crippen LogP contribution in [0.4, 0.5) is 4.79 Å². The third kappa shape index (κ3) is 2.08. The fraction of sp³-hybridized carbons (Fsp3) is 0.769. The fourth-order valence-corrected chi connectivity index (χ4v) is 2.65. The SMILES string of the molecule is CC(C)(C)OC(=O)N1CC=CC12CCCC2. The molecule has 1 aliphatic heterocycles. The zero-order valence-corrected chi connectivity index (χ0v) is 10.5. The highest BCUT2D eigenvalue weighted by Crippen LogP contribution is 2.39. The van der Waals surface area contributed by atoms with Gasteiger partial charge in [-0.1, -0.05) is 25.0 Å². The lowest BCUT2D eigenvalue weighted by atomic mass is 9.98. The molecule has 0 unspecified atom stereocenters. The summed E-state index contributed by atoms with van der Waals surface area (Å²) in [5.41, 5.74) is -0.429. The molecule has 0 aromatic rings. The monoisotopic (exact) mass is 223 g/mol. The van der Waals surface area contributed by atoms with Gasteiger partial charge in [-0.3, -0.25) is 4.90 Å². The zero-order valence-electron chi connectivity index (χ0n) is 10.5. The number of carbonyl (C=O) groups excluding carboxylic acids is 1. The van der Waals surface area contributed by atoms with Crippen LogP contribution < -0.4 is 0 Å². The van der Waals surface area contributed by atoms with Crippen molar-refractivity contribution in [3.63, 3.8) is 0 Å². The number of hydrogen-bond acceptors (Lipinski definition) is 2. The molecule has 1 fully saturated rings. The molecule has 3 nitrogen and oxygen atoms in total. The van der Waals surface area contributed by atoms with Crippen LogP contribution in [-0.2, 0) is 4.74 Å². The molecule has 90 valence electrons. The van der Waals surface area contributed by atoms with Gasteiger partial charge in [0.05, 0.1) is 5.54 Å². The lowest BCUT2D eigenvalue weighted by Gasteiger charge is -2.35.